The lowest BCUT2D eigenvalue weighted by molar-refractivity contribution is 0.0691. The summed E-state index contributed by atoms with van der Waals surface area (Å²) in [6.45, 7) is 0. The van der Waals surface area contributed by atoms with E-state index in [1.165, 1.54) is 12.1 Å². The molecule has 0 aliphatic heterocycles. The fourth-order valence-electron chi connectivity index (χ4n) is 1.45. The largest absolute Gasteiger partial charge is 0.476 e. The summed E-state index contributed by atoms with van der Waals surface area (Å²) in [4.78, 5) is 14.6. The number of benzene rings is 1. The maximum absolute atomic E-state index is 13.6. The highest BCUT2D eigenvalue weighted by molar-refractivity contribution is 9.10. The van der Waals surface area contributed by atoms with E-state index in [1.807, 2.05) is 0 Å². The Bertz CT molecular complexity index is 674. The van der Waals surface area contributed by atoms with E-state index in [0.29, 0.717) is 0 Å². The van der Waals surface area contributed by atoms with E-state index >= 15 is 0 Å². The molecule has 8 heteroatoms. The number of rotatable bonds is 3. The van der Waals surface area contributed by atoms with Crippen LogP contribution in [0.2, 0.25) is 5.02 Å². The van der Waals surface area contributed by atoms with Crippen LogP contribution in [-0.2, 0) is 0 Å². The molecule has 0 aliphatic carbocycles. The zero-order valence-electron chi connectivity index (χ0n) is 9.62. The van der Waals surface area contributed by atoms with Crippen molar-refractivity contribution in [1.29, 1.82) is 0 Å². The Morgan fingerprint density at radius 1 is 1.30 bits per heavy atom. The summed E-state index contributed by atoms with van der Waals surface area (Å²) < 4.78 is 27.5. The van der Waals surface area contributed by atoms with Gasteiger partial charge in [0.1, 0.15) is 11.5 Å². The number of anilines is 2. The van der Waals surface area contributed by atoms with E-state index < -0.39 is 29.0 Å². The molecule has 1 aromatic heterocycles. The highest BCUT2D eigenvalue weighted by Gasteiger charge is 2.15. The van der Waals surface area contributed by atoms with Gasteiger partial charge in [0.2, 0.25) is 0 Å². The fraction of sp³-hybridized carbons (Fsp3) is 0. The molecule has 2 rings (SSSR count). The first-order valence-electron chi connectivity index (χ1n) is 5.20. The Hall–Kier alpha value is -1.73. The molecule has 0 unspecified atom stereocenters. The molecular formula is C12H6BrClF2N2O2. The minimum absolute atomic E-state index is 0.0353. The Kier molecular flexibility index (Phi) is 4.20. The monoisotopic (exact) mass is 362 g/mol. The fourth-order valence-corrected chi connectivity index (χ4v) is 2.04. The van der Waals surface area contributed by atoms with Gasteiger partial charge >= 0.3 is 5.97 Å². The molecule has 104 valence electrons. The number of hydrogen-bond donors (Lipinski definition) is 2. The SMILES string of the molecule is O=C(O)c1nc(Nc2c(F)cc(Br)cc2F)ccc1Cl. The van der Waals surface area contributed by atoms with Crippen LogP contribution in [0.25, 0.3) is 0 Å². The van der Waals surface area contributed by atoms with Gasteiger partial charge < -0.3 is 10.4 Å². The predicted octanol–water partition coefficient (Wildman–Crippen LogP) is 4.22. The predicted molar refractivity (Wildman–Crippen MR) is 73.5 cm³/mol. The number of nitrogens with zero attached hydrogens (tertiary/aromatic N) is 1. The van der Waals surface area contributed by atoms with E-state index in [4.69, 9.17) is 16.7 Å². The summed E-state index contributed by atoms with van der Waals surface area (Å²) in [5, 5.41) is 11.2. The number of pyridine rings is 1. The maximum atomic E-state index is 13.6. The lowest BCUT2D eigenvalue weighted by Gasteiger charge is -2.09. The number of carboxylic acid groups (broad SMARTS) is 1. The minimum Gasteiger partial charge on any atom is -0.476 e. The average molecular weight is 364 g/mol. The molecule has 4 nitrogen and oxygen atoms in total. The molecule has 0 saturated carbocycles. The topological polar surface area (TPSA) is 62.2 Å². The van der Waals surface area contributed by atoms with Crippen LogP contribution in [0.4, 0.5) is 20.3 Å². The van der Waals surface area contributed by atoms with E-state index in [1.54, 1.807) is 0 Å². The van der Waals surface area contributed by atoms with Crippen LogP contribution >= 0.6 is 27.5 Å². The van der Waals surface area contributed by atoms with Crippen molar-refractivity contribution in [3.05, 3.63) is 51.1 Å². The molecule has 0 fully saturated rings. The molecule has 2 aromatic rings. The highest BCUT2D eigenvalue weighted by atomic mass is 79.9. The number of hydrogen-bond acceptors (Lipinski definition) is 3. The van der Waals surface area contributed by atoms with Crippen molar-refractivity contribution < 1.29 is 18.7 Å². The van der Waals surface area contributed by atoms with Gasteiger partial charge in [-0.3, -0.25) is 0 Å². The second-order valence-corrected chi connectivity index (χ2v) is 5.02. The van der Waals surface area contributed by atoms with Crippen molar-refractivity contribution in [1.82, 2.24) is 4.98 Å². The van der Waals surface area contributed by atoms with Crippen molar-refractivity contribution in [3.63, 3.8) is 0 Å². The van der Waals surface area contributed by atoms with Crippen molar-refractivity contribution >= 4 is 45.0 Å². The van der Waals surface area contributed by atoms with Gasteiger partial charge in [0.05, 0.1) is 5.02 Å². The third kappa shape index (κ3) is 3.05. The highest BCUT2D eigenvalue weighted by Crippen LogP contribution is 2.27. The molecule has 1 heterocycles. The van der Waals surface area contributed by atoms with Crippen molar-refractivity contribution in [2.45, 2.75) is 0 Å². The standard InChI is InChI=1S/C12H6BrClF2N2O2/c13-5-3-7(15)11(8(16)4-5)18-9-2-1-6(14)10(17-9)12(19)20/h1-4H,(H,17,18)(H,19,20). The van der Waals surface area contributed by atoms with Gasteiger partial charge in [0, 0.05) is 4.47 Å². The van der Waals surface area contributed by atoms with E-state index in [2.05, 4.69) is 26.2 Å². The summed E-state index contributed by atoms with van der Waals surface area (Å²) in [6, 6.07) is 4.73. The van der Waals surface area contributed by atoms with Gasteiger partial charge in [-0.15, -0.1) is 0 Å². The van der Waals surface area contributed by atoms with E-state index in [0.717, 1.165) is 12.1 Å². The quantitative estimate of drug-likeness (QED) is 0.857. The zero-order chi connectivity index (χ0) is 14.9. The molecule has 0 bridgehead atoms. The molecule has 1 aromatic carbocycles. The second kappa shape index (κ2) is 5.72. The van der Waals surface area contributed by atoms with E-state index in [-0.39, 0.29) is 15.3 Å². The smallest absolute Gasteiger partial charge is 0.356 e. The number of carbonyl (C=O) groups is 1. The molecule has 0 radical (unpaired) electrons. The van der Waals surface area contributed by atoms with Gasteiger partial charge in [-0.1, -0.05) is 27.5 Å². The Morgan fingerprint density at radius 3 is 2.45 bits per heavy atom. The summed E-state index contributed by atoms with van der Waals surface area (Å²) in [6.07, 6.45) is 0. The summed E-state index contributed by atoms with van der Waals surface area (Å²) in [7, 11) is 0. The van der Waals surface area contributed by atoms with E-state index in [9.17, 15) is 13.6 Å². The van der Waals surface area contributed by atoms with Crippen LogP contribution in [0.5, 0.6) is 0 Å². The molecule has 0 spiro atoms. The van der Waals surface area contributed by atoms with Crippen LogP contribution in [0.1, 0.15) is 10.5 Å². The molecular weight excluding hydrogens is 357 g/mol. The molecule has 0 aliphatic rings. The lowest BCUT2D eigenvalue weighted by atomic mass is 10.3. The molecule has 2 N–H and O–H groups in total. The van der Waals surface area contributed by atoms with Crippen LogP contribution < -0.4 is 5.32 Å². The zero-order valence-corrected chi connectivity index (χ0v) is 12.0. The Morgan fingerprint density at radius 2 is 1.90 bits per heavy atom. The van der Waals surface area contributed by atoms with Crippen molar-refractivity contribution in [2.75, 3.05) is 5.32 Å². The average Bonchev–Trinajstić information content (AvgIpc) is 2.35. The number of carboxylic acids is 1. The van der Waals surface area contributed by atoms with Gasteiger partial charge in [-0.25, -0.2) is 18.6 Å². The molecule has 0 amide bonds. The molecule has 20 heavy (non-hydrogen) atoms. The first-order valence-corrected chi connectivity index (χ1v) is 6.37. The third-order valence-corrected chi connectivity index (χ3v) is 3.07. The van der Waals surface area contributed by atoms with Crippen LogP contribution in [0.3, 0.4) is 0 Å². The third-order valence-electron chi connectivity index (χ3n) is 2.31. The van der Waals surface area contributed by atoms with Crippen molar-refractivity contribution in [2.24, 2.45) is 0 Å². The van der Waals surface area contributed by atoms with Gasteiger partial charge in [0.25, 0.3) is 0 Å². The maximum Gasteiger partial charge on any atom is 0.356 e. The van der Waals surface area contributed by atoms with Crippen molar-refractivity contribution in [3.8, 4) is 0 Å². The van der Waals surface area contributed by atoms with Crippen LogP contribution in [-0.4, -0.2) is 16.1 Å². The molecule has 0 atom stereocenters. The Balaban J connectivity index is 2.41. The minimum atomic E-state index is -1.34. The molecule has 0 saturated heterocycles. The lowest BCUT2D eigenvalue weighted by Crippen LogP contribution is -2.05. The summed E-state index contributed by atoms with van der Waals surface area (Å²) in [5.41, 5.74) is -0.839. The van der Waals surface area contributed by atoms with Gasteiger partial charge in [0.15, 0.2) is 17.3 Å². The van der Waals surface area contributed by atoms with Crippen LogP contribution in [0, 0.1) is 11.6 Å². The number of nitrogens with one attached hydrogen (secondary N) is 1. The number of halogens is 4. The number of aromatic carboxylic acids is 1. The Labute approximate surface area is 125 Å². The normalized spacial score (nSPS) is 10.4. The first kappa shape index (κ1) is 14.7. The van der Waals surface area contributed by atoms with Gasteiger partial charge in [-0.2, -0.15) is 0 Å². The second-order valence-electron chi connectivity index (χ2n) is 3.70. The van der Waals surface area contributed by atoms with Gasteiger partial charge in [-0.05, 0) is 24.3 Å². The summed E-state index contributed by atoms with van der Waals surface area (Å²) in [5.74, 6) is -3.06. The van der Waals surface area contributed by atoms with Crippen LogP contribution in [0.15, 0.2) is 28.7 Å². The number of aromatic nitrogens is 1. The summed E-state index contributed by atoms with van der Waals surface area (Å²) >= 11 is 8.61. The first-order chi connectivity index (χ1) is 9.38.